The summed E-state index contributed by atoms with van der Waals surface area (Å²) in [5, 5.41) is 3.29. The monoisotopic (exact) mass is 269 g/mol. The molecular weight excluding hydrogens is 246 g/mol. The minimum atomic E-state index is -2.88. The average molecular weight is 270 g/mol. The summed E-state index contributed by atoms with van der Waals surface area (Å²) in [6.45, 7) is 6.52. The molecule has 0 bridgehead atoms. The van der Waals surface area contributed by atoms with E-state index in [4.69, 9.17) is 11.6 Å². The van der Waals surface area contributed by atoms with E-state index in [0.29, 0.717) is 18.8 Å². The average Bonchev–Trinajstić information content (AvgIpc) is 2.25. The van der Waals surface area contributed by atoms with Crippen molar-refractivity contribution in [2.24, 2.45) is 0 Å². The van der Waals surface area contributed by atoms with Crippen molar-refractivity contribution in [3.63, 3.8) is 0 Å². The number of hydrogen-bond donors (Lipinski definition) is 1. The Hall–Kier alpha value is 0.200. The summed E-state index contributed by atoms with van der Waals surface area (Å²) in [5.74, 6) is 1.01. The number of nitrogens with one attached hydrogen (secondary N) is 1. The van der Waals surface area contributed by atoms with Gasteiger partial charge < -0.3 is 5.32 Å². The van der Waals surface area contributed by atoms with Crippen LogP contribution in [0.2, 0.25) is 0 Å². The van der Waals surface area contributed by atoms with Crippen LogP contribution in [0.5, 0.6) is 0 Å². The van der Waals surface area contributed by atoms with Gasteiger partial charge in [0.25, 0.3) is 0 Å². The van der Waals surface area contributed by atoms with Crippen LogP contribution in [-0.2, 0) is 9.84 Å². The van der Waals surface area contributed by atoms with Crippen molar-refractivity contribution in [3.05, 3.63) is 0 Å². The van der Waals surface area contributed by atoms with Gasteiger partial charge in [-0.05, 0) is 19.3 Å². The number of rotatable bonds is 9. The minimum absolute atomic E-state index is 0.108. The lowest BCUT2D eigenvalue weighted by Crippen LogP contribution is -2.47. The zero-order valence-corrected chi connectivity index (χ0v) is 12.1. The van der Waals surface area contributed by atoms with Gasteiger partial charge in [-0.15, -0.1) is 11.6 Å². The van der Waals surface area contributed by atoms with Gasteiger partial charge in [0.2, 0.25) is 0 Å². The maximum absolute atomic E-state index is 11.5. The Balaban J connectivity index is 4.14. The Morgan fingerprint density at radius 3 is 2.06 bits per heavy atom. The molecule has 0 spiro atoms. The van der Waals surface area contributed by atoms with Gasteiger partial charge in [-0.2, -0.15) is 0 Å². The molecule has 0 unspecified atom stereocenters. The lowest BCUT2D eigenvalue weighted by molar-refractivity contribution is 0.345. The third-order valence-electron chi connectivity index (χ3n) is 3.04. The first kappa shape index (κ1) is 16.2. The first-order valence-electron chi connectivity index (χ1n) is 5.96. The predicted molar refractivity (Wildman–Crippen MR) is 71.0 cm³/mol. The van der Waals surface area contributed by atoms with Crippen LogP contribution >= 0.6 is 11.6 Å². The summed E-state index contributed by atoms with van der Waals surface area (Å²) >= 11 is 5.92. The largest absolute Gasteiger partial charge is 0.309 e. The first-order valence-corrected chi connectivity index (χ1v) is 8.32. The Labute approximate surface area is 105 Å². The van der Waals surface area contributed by atoms with Gasteiger partial charge >= 0.3 is 0 Å². The molecule has 98 valence electrons. The van der Waals surface area contributed by atoms with E-state index >= 15 is 0 Å². The maximum Gasteiger partial charge on any atom is 0.151 e. The molecule has 0 aliphatic rings. The number of halogens is 1. The lowest BCUT2D eigenvalue weighted by atomic mass is 9.95. The molecule has 0 radical (unpaired) electrons. The van der Waals surface area contributed by atoms with E-state index in [1.165, 1.54) is 0 Å². The standard InChI is InChI=1S/C11H24ClNO2S/c1-4-8-16(14,15)9-7-13-11(5-2,6-3)10-12/h13H,4-10H2,1-3H3. The van der Waals surface area contributed by atoms with Crippen molar-refractivity contribution < 1.29 is 8.42 Å². The molecule has 0 saturated heterocycles. The highest BCUT2D eigenvalue weighted by molar-refractivity contribution is 7.91. The van der Waals surface area contributed by atoms with Gasteiger partial charge in [0, 0.05) is 23.7 Å². The van der Waals surface area contributed by atoms with Crippen molar-refractivity contribution in [1.29, 1.82) is 0 Å². The Morgan fingerprint density at radius 2 is 1.69 bits per heavy atom. The summed E-state index contributed by atoms with van der Waals surface area (Å²) in [5.41, 5.74) is -0.108. The second-order valence-electron chi connectivity index (χ2n) is 4.20. The van der Waals surface area contributed by atoms with E-state index in [9.17, 15) is 8.42 Å². The van der Waals surface area contributed by atoms with Gasteiger partial charge in [-0.1, -0.05) is 20.8 Å². The maximum atomic E-state index is 11.5. The van der Waals surface area contributed by atoms with E-state index in [-0.39, 0.29) is 17.0 Å². The van der Waals surface area contributed by atoms with E-state index in [1.807, 2.05) is 6.92 Å². The second-order valence-corrected chi connectivity index (χ2v) is 6.77. The van der Waals surface area contributed by atoms with E-state index in [0.717, 1.165) is 12.8 Å². The number of sulfone groups is 1. The summed E-state index contributed by atoms with van der Waals surface area (Å²) in [4.78, 5) is 0. The fraction of sp³-hybridized carbons (Fsp3) is 1.00. The van der Waals surface area contributed by atoms with Crippen molar-refractivity contribution in [2.45, 2.75) is 45.6 Å². The molecule has 16 heavy (non-hydrogen) atoms. The van der Waals surface area contributed by atoms with Crippen LogP contribution in [0.4, 0.5) is 0 Å². The van der Waals surface area contributed by atoms with Crippen LogP contribution in [0.25, 0.3) is 0 Å². The van der Waals surface area contributed by atoms with Gasteiger partial charge in [0.15, 0.2) is 9.84 Å². The van der Waals surface area contributed by atoms with Crippen molar-refractivity contribution >= 4 is 21.4 Å². The fourth-order valence-corrected chi connectivity index (χ4v) is 3.33. The highest BCUT2D eigenvalue weighted by atomic mass is 35.5. The highest BCUT2D eigenvalue weighted by Crippen LogP contribution is 2.16. The van der Waals surface area contributed by atoms with Gasteiger partial charge in [-0.3, -0.25) is 0 Å². The molecule has 0 saturated carbocycles. The highest BCUT2D eigenvalue weighted by Gasteiger charge is 2.24. The number of alkyl halides is 1. The SMILES string of the molecule is CCCS(=O)(=O)CCNC(CC)(CC)CCl. The van der Waals surface area contributed by atoms with E-state index in [1.54, 1.807) is 0 Å². The fourth-order valence-electron chi connectivity index (χ4n) is 1.62. The molecule has 0 fully saturated rings. The first-order chi connectivity index (χ1) is 7.45. The molecule has 0 aromatic carbocycles. The summed E-state index contributed by atoms with van der Waals surface area (Å²) in [7, 11) is -2.88. The molecule has 0 aromatic heterocycles. The van der Waals surface area contributed by atoms with Crippen LogP contribution in [0.1, 0.15) is 40.0 Å². The minimum Gasteiger partial charge on any atom is -0.309 e. The molecule has 0 aromatic rings. The molecule has 5 heteroatoms. The zero-order valence-electron chi connectivity index (χ0n) is 10.6. The quantitative estimate of drug-likeness (QED) is 0.653. The van der Waals surface area contributed by atoms with Gasteiger partial charge in [0.1, 0.15) is 0 Å². The third kappa shape index (κ3) is 5.51. The molecule has 3 nitrogen and oxygen atoms in total. The van der Waals surface area contributed by atoms with Crippen molar-refractivity contribution in [2.75, 3.05) is 23.9 Å². The summed E-state index contributed by atoms with van der Waals surface area (Å²) in [6.07, 6.45) is 2.52. The Bertz CT molecular complexity index is 265. The van der Waals surface area contributed by atoms with Crippen molar-refractivity contribution in [3.8, 4) is 0 Å². The van der Waals surface area contributed by atoms with Crippen LogP contribution < -0.4 is 5.32 Å². The third-order valence-corrected chi connectivity index (χ3v) is 5.41. The molecule has 0 aliphatic carbocycles. The number of hydrogen-bond acceptors (Lipinski definition) is 3. The van der Waals surface area contributed by atoms with Crippen LogP contribution in [0.3, 0.4) is 0 Å². The molecule has 0 amide bonds. The summed E-state index contributed by atoms with van der Waals surface area (Å²) in [6, 6.07) is 0. The molecule has 0 rings (SSSR count). The molecule has 0 heterocycles. The molecular formula is C11H24ClNO2S. The van der Waals surface area contributed by atoms with Crippen molar-refractivity contribution in [1.82, 2.24) is 5.32 Å². The van der Waals surface area contributed by atoms with E-state index < -0.39 is 9.84 Å². The predicted octanol–water partition coefficient (Wildman–Crippen LogP) is 2.20. The molecule has 1 N–H and O–H groups in total. The van der Waals surface area contributed by atoms with Gasteiger partial charge in [0.05, 0.1) is 5.75 Å². The normalized spacial score (nSPS) is 13.0. The summed E-state index contributed by atoms with van der Waals surface area (Å²) < 4.78 is 23.0. The molecule has 0 aliphatic heterocycles. The second kappa shape index (κ2) is 7.51. The van der Waals surface area contributed by atoms with Crippen LogP contribution in [0.15, 0.2) is 0 Å². The van der Waals surface area contributed by atoms with Gasteiger partial charge in [-0.25, -0.2) is 8.42 Å². The zero-order chi connectivity index (χ0) is 12.7. The lowest BCUT2D eigenvalue weighted by Gasteiger charge is -2.30. The smallest absolute Gasteiger partial charge is 0.151 e. The van der Waals surface area contributed by atoms with Crippen LogP contribution in [-0.4, -0.2) is 37.9 Å². The Morgan fingerprint density at radius 1 is 1.12 bits per heavy atom. The van der Waals surface area contributed by atoms with Crippen LogP contribution in [0, 0.1) is 0 Å². The van der Waals surface area contributed by atoms with E-state index in [2.05, 4.69) is 19.2 Å². The Kier molecular flexibility index (Phi) is 7.61. The topological polar surface area (TPSA) is 46.2 Å². The molecule has 0 atom stereocenters.